The van der Waals surface area contributed by atoms with Gasteiger partial charge in [-0.2, -0.15) is 0 Å². The van der Waals surface area contributed by atoms with Crippen molar-refractivity contribution in [1.29, 1.82) is 0 Å². The Morgan fingerprint density at radius 1 is 1.07 bits per heavy atom. The first-order chi connectivity index (χ1) is 13.6. The maximum Gasteiger partial charge on any atom is 1.00 e. The van der Waals surface area contributed by atoms with Gasteiger partial charge in [0.2, 0.25) is 0 Å². The predicted octanol–water partition coefficient (Wildman–Crippen LogP) is -0.882. The molecule has 11 atom stereocenters. The average molecular weight is 540 g/mol. The summed E-state index contributed by atoms with van der Waals surface area (Å²) in [6.07, 6.45) is 5.72. The van der Waals surface area contributed by atoms with Crippen LogP contribution in [0.25, 0.3) is 0 Å². The van der Waals surface area contributed by atoms with E-state index in [4.69, 9.17) is 0 Å². The van der Waals surface area contributed by atoms with Crippen LogP contribution in [0.15, 0.2) is 0 Å². The summed E-state index contributed by atoms with van der Waals surface area (Å²) in [6, 6.07) is 0. The minimum atomic E-state index is -0.998. The molecule has 4 aliphatic rings. The molecule has 6 heteroatoms. The molecule has 0 heterocycles. The first-order valence-electron chi connectivity index (χ1n) is 11.8. The van der Waals surface area contributed by atoms with Gasteiger partial charge in [-0.05, 0) is 104 Å². The fourth-order valence-electron chi connectivity index (χ4n) is 8.68. The minimum Gasteiger partial charge on any atom is -0.550 e. The van der Waals surface area contributed by atoms with Crippen molar-refractivity contribution >= 4 is 5.97 Å². The molecule has 4 saturated carbocycles. The number of carboxylic acids is 1. The number of hydrogen-bond donors (Lipinski definition) is 3. The van der Waals surface area contributed by atoms with E-state index in [1.807, 2.05) is 0 Å². The number of carboxylic acid groups (broad SMARTS) is 1. The van der Waals surface area contributed by atoms with Crippen LogP contribution in [0.5, 0.6) is 0 Å². The second-order valence-electron chi connectivity index (χ2n) is 11.4. The monoisotopic (exact) mass is 540 g/mol. The Morgan fingerprint density at radius 2 is 1.77 bits per heavy atom. The van der Waals surface area contributed by atoms with Crippen molar-refractivity contribution in [1.82, 2.24) is 0 Å². The molecule has 30 heavy (non-hydrogen) atoms. The van der Waals surface area contributed by atoms with Crippen LogP contribution < -0.4 is 74.0 Å². The number of aliphatic hydroxyl groups excluding tert-OH is 3. The summed E-state index contributed by atoms with van der Waals surface area (Å²) in [4.78, 5) is 11.0. The maximum atomic E-state index is 11.5. The number of hydrogen-bond acceptors (Lipinski definition) is 5. The van der Waals surface area contributed by atoms with Crippen LogP contribution in [0.4, 0.5) is 0 Å². The molecule has 4 fully saturated rings. The molecule has 0 unspecified atom stereocenters. The summed E-state index contributed by atoms with van der Waals surface area (Å²) in [5.74, 6) is 0.635. The van der Waals surface area contributed by atoms with Gasteiger partial charge in [-0.1, -0.05) is 20.8 Å². The van der Waals surface area contributed by atoms with Gasteiger partial charge >= 0.3 is 68.9 Å². The van der Waals surface area contributed by atoms with E-state index in [1.165, 1.54) is 0 Å². The van der Waals surface area contributed by atoms with E-state index in [1.54, 1.807) is 0 Å². The molecule has 4 rings (SSSR count). The molecule has 0 aromatic rings. The Labute approximate surface area is 240 Å². The van der Waals surface area contributed by atoms with Crippen LogP contribution in [0.3, 0.4) is 0 Å². The first kappa shape index (κ1) is 26.0. The normalized spacial score (nSPS) is 51.1. The Bertz CT molecular complexity index is 643. The third kappa shape index (κ3) is 4.17. The molecule has 0 saturated heterocycles. The second kappa shape index (κ2) is 9.57. The molecule has 0 radical (unpaired) electrons. The van der Waals surface area contributed by atoms with Crippen molar-refractivity contribution in [2.75, 3.05) is 0 Å². The molecular formula is C24H39CsO5. The van der Waals surface area contributed by atoms with Crippen LogP contribution >= 0.6 is 0 Å². The third-order valence-electron chi connectivity index (χ3n) is 10.3. The smallest absolute Gasteiger partial charge is 0.550 e. The molecule has 0 aliphatic heterocycles. The van der Waals surface area contributed by atoms with E-state index in [-0.39, 0.29) is 122 Å². The van der Waals surface area contributed by atoms with Gasteiger partial charge in [0.05, 0.1) is 18.3 Å². The van der Waals surface area contributed by atoms with Gasteiger partial charge < -0.3 is 25.2 Å². The van der Waals surface area contributed by atoms with E-state index < -0.39 is 12.1 Å². The van der Waals surface area contributed by atoms with E-state index >= 15 is 0 Å². The molecule has 0 amide bonds. The Morgan fingerprint density at radius 3 is 2.43 bits per heavy atom. The summed E-state index contributed by atoms with van der Waals surface area (Å²) in [5, 5.41) is 43.9. The summed E-state index contributed by atoms with van der Waals surface area (Å²) in [7, 11) is 0. The maximum absolute atomic E-state index is 11.5. The van der Waals surface area contributed by atoms with Gasteiger partial charge in [-0.15, -0.1) is 0 Å². The summed E-state index contributed by atoms with van der Waals surface area (Å²) in [6.45, 7) is 6.67. The largest absolute Gasteiger partial charge is 1.00 e. The van der Waals surface area contributed by atoms with Crippen molar-refractivity contribution in [3.8, 4) is 0 Å². The second-order valence-corrected chi connectivity index (χ2v) is 11.4. The van der Waals surface area contributed by atoms with E-state index in [0.29, 0.717) is 18.3 Å². The van der Waals surface area contributed by atoms with E-state index in [0.717, 1.165) is 44.9 Å². The average Bonchev–Trinajstić information content (AvgIpc) is 3.01. The number of carbonyl (C=O) groups excluding carboxylic acids is 1. The molecule has 5 nitrogen and oxygen atoms in total. The third-order valence-corrected chi connectivity index (χ3v) is 10.3. The van der Waals surface area contributed by atoms with E-state index in [9.17, 15) is 25.2 Å². The van der Waals surface area contributed by atoms with Gasteiger partial charge in [0.1, 0.15) is 0 Å². The molecule has 3 N–H and O–H groups in total. The van der Waals surface area contributed by atoms with Crippen molar-refractivity contribution in [2.45, 2.75) is 96.9 Å². The predicted molar refractivity (Wildman–Crippen MR) is 107 cm³/mol. The Kier molecular flexibility index (Phi) is 8.30. The van der Waals surface area contributed by atoms with E-state index in [2.05, 4.69) is 20.8 Å². The van der Waals surface area contributed by atoms with Crippen LogP contribution in [-0.2, 0) is 4.79 Å². The van der Waals surface area contributed by atoms with Crippen molar-refractivity contribution in [3.63, 3.8) is 0 Å². The van der Waals surface area contributed by atoms with Crippen molar-refractivity contribution in [2.24, 2.45) is 46.3 Å². The fourth-order valence-corrected chi connectivity index (χ4v) is 8.68. The van der Waals surface area contributed by atoms with Crippen LogP contribution in [0, 0.1) is 46.3 Å². The van der Waals surface area contributed by atoms with Gasteiger partial charge in [-0.25, -0.2) is 0 Å². The van der Waals surface area contributed by atoms with Crippen LogP contribution in [-0.4, -0.2) is 39.6 Å². The van der Waals surface area contributed by atoms with Gasteiger partial charge in [0.15, 0.2) is 0 Å². The van der Waals surface area contributed by atoms with Crippen molar-refractivity contribution < 1.29 is 94.1 Å². The molecule has 0 aromatic carbocycles. The topological polar surface area (TPSA) is 101 Å². The fraction of sp³-hybridized carbons (Fsp3) is 0.958. The minimum absolute atomic E-state index is 0. The van der Waals surface area contributed by atoms with Crippen molar-refractivity contribution in [3.05, 3.63) is 0 Å². The molecule has 0 aromatic heterocycles. The van der Waals surface area contributed by atoms with Gasteiger partial charge in [0.25, 0.3) is 0 Å². The SMILES string of the molecule is C[C@H](CCC(=O)[O-])[C@H]1CC[C@H]2[C@@H]3[C@H](O)C[C@@H]4C[C@H](O)CC[C@]4(C)[C@H]3C[C@H](O)[C@]12C.[Cs+]. The number of carbonyl (C=O) groups is 1. The summed E-state index contributed by atoms with van der Waals surface area (Å²) < 4.78 is 0. The Balaban J connectivity index is 0.00000256. The number of rotatable bonds is 4. The number of fused-ring (bicyclic) bond motifs is 5. The van der Waals surface area contributed by atoms with Crippen LogP contribution in [0.2, 0.25) is 0 Å². The summed E-state index contributed by atoms with van der Waals surface area (Å²) in [5.41, 5.74) is -0.172. The number of aliphatic carboxylic acids is 1. The zero-order valence-corrected chi connectivity index (χ0v) is 25.5. The number of aliphatic hydroxyl groups is 3. The standard InChI is InChI=1S/C24H40O5.Cs/c1-13(4-7-21(28)29)16-5-6-17-22-18(12-20(27)24(16,17)3)23(2)9-8-15(25)10-14(23)11-19(22)26;/h13-20,22,25-27H,4-12H2,1-3H3,(H,28,29);/q;+1/p-1/t13-,14+,15-,16-,17+,18+,19-,20+,22+,23+,24-;/m1./s1. The zero-order chi connectivity index (χ0) is 21.1. The molecule has 0 spiro atoms. The summed E-state index contributed by atoms with van der Waals surface area (Å²) >= 11 is 0. The Hall–Kier alpha value is 1.40. The zero-order valence-electron chi connectivity index (χ0n) is 19.2. The molecular weight excluding hydrogens is 501 g/mol. The van der Waals surface area contributed by atoms with Crippen LogP contribution in [0.1, 0.15) is 78.6 Å². The molecule has 4 aliphatic carbocycles. The quantitative estimate of drug-likeness (QED) is 0.430. The molecule has 0 bridgehead atoms. The first-order valence-corrected chi connectivity index (χ1v) is 11.8. The molecule has 166 valence electrons. The van der Waals surface area contributed by atoms with Gasteiger partial charge in [0, 0.05) is 5.97 Å². The van der Waals surface area contributed by atoms with Gasteiger partial charge in [-0.3, -0.25) is 0 Å².